The number of benzene rings is 1. The average molecular weight is 243 g/mol. The van der Waals surface area contributed by atoms with Gasteiger partial charge in [0.1, 0.15) is 5.82 Å². The minimum atomic E-state index is -1.65. The van der Waals surface area contributed by atoms with Gasteiger partial charge in [-0.1, -0.05) is 15.9 Å². The molecule has 0 spiro atoms. The van der Waals surface area contributed by atoms with Crippen LogP contribution in [0.5, 0.6) is 0 Å². The smallest absolute Gasteiger partial charge is 0.194 e. The highest BCUT2D eigenvalue weighted by Crippen LogP contribution is 2.20. The molecule has 0 saturated heterocycles. The third kappa shape index (κ3) is 1.46. The van der Waals surface area contributed by atoms with Gasteiger partial charge in [0.25, 0.3) is 0 Å². The summed E-state index contributed by atoms with van der Waals surface area (Å²) in [6.07, 6.45) is 0. The van der Waals surface area contributed by atoms with Crippen molar-refractivity contribution < 1.29 is 17.6 Å². The molecule has 0 saturated carbocycles. The molecule has 0 unspecified atom stereocenters. The topological polar surface area (TPSA) is 0 Å². The van der Waals surface area contributed by atoms with Crippen LogP contribution in [0.2, 0.25) is 0 Å². The lowest BCUT2D eigenvalue weighted by Crippen LogP contribution is -1.99. The zero-order valence-corrected chi connectivity index (χ0v) is 7.26. The molecule has 0 bridgehead atoms. The zero-order chi connectivity index (χ0) is 9.30. The minimum absolute atomic E-state index is 0.193. The summed E-state index contributed by atoms with van der Waals surface area (Å²) in [5.74, 6) is -5.74. The van der Waals surface area contributed by atoms with Gasteiger partial charge in [-0.25, -0.2) is 17.6 Å². The van der Waals surface area contributed by atoms with Crippen LogP contribution in [0.1, 0.15) is 5.56 Å². The lowest BCUT2D eigenvalue weighted by atomic mass is 10.2. The predicted octanol–water partition coefficient (Wildman–Crippen LogP) is 3.14. The first-order chi connectivity index (χ1) is 5.57. The quantitative estimate of drug-likeness (QED) is 0.307. The van der Waals surface area contributed by atoms with E-state index in [1.807, 2.05) is 0 Å². The Bertz CT molecular complexity index is 311. The fraction of sp³-hybridized carbons (Fsp3) is 0.143. The van der Waals surface area contributed by atoms with Crippen LogP contribution in [0.25, 0.3) is 0 Å². The first kappa shape index (κ1) is 9.51. The maximum atomic E-state index is 12.6. The van der Waals surface area contributed by atoms with Crippen LogP contribution in [-0.2, 0) is 5.33 Å². The van der Waals surface area contributed by atoms with E-state index >= 15 is 0 Å². The van der Waals surface area contributed by atoms with Crippen LogP contribution in [-0.4, -0.2) is 0 Å². The SMILES string of the molecule is Fc1cc(F)c(CBr)c(F)c1F. The van der Waals surface area contributed by atoms with E-state index in [2.05, 4.69) is 15.9 Å². The summed E-state index contributed by atoms with van der Waals surface area (Å²) in [6.45, 7) is 0. The number of hydrogen-bond donors (Lipinski definition) is 0. The molecule has 1 aromatic carbocycles. The first-order valence-electron chi connectivity index (χ1n) is 2.95. The third-order valence-corrected chi connectivity index (χ3v) is 1.90. The van der Waals surface area contributed by atoms with Crippen molar-refractivity contribution in [3.63, 3.8) is 0 Å². The lowest BCUT2D eigenvalue weighted by molar-refractivity contribution is 0.428. The molecule has 0 heterocycles. The number of alkyl halides is 1. The van der Waals surface area contributed by atoms with Gasteiger partial charge in [0.2, 0.25) is 0 Å². The van der Waals surface area contributed by atoms with Crippen LogP contribution >= 0.6 is 15.9 Å². The molecule has 0 amide bonds. The molecule has 0 N–H and O–H groups in total. The van der Waals surface area contributed by atoms with E-state index in [-0.39, 0.29) is 5.33 Å². The van der Waals surface area contributed by atoms with Gasteiger partial charge >= 0.3 is 0 Å². The van der Waals surface area contributed by atoms with E-state index in [1.165, 1.54) is 0 Å². The highest BCUT2D eigenvalue weighted by molar-refractivity contribution is 9.08. The van der Waals surface area contributed by atoms with Crippen molar-refractivity contribution in [1.82, 2.24) is 0 Å². The third-order valence-electron chi connectivity index (χ3n) is 1.34. The second-order valence-electron chi connectivity index (χ2n) is 2.08. The van der Waals surface area contributed by atoms with Crippen LogP contribution < -0.4 is 0 Å². The summed E-state index contributed by atoms with van der Waals surface area (Å²) in [6, 6.07) is 0.314. The summed E-state index contributed by atoms with van der Waals surface area (Å²) in [7, 11) is 0. The molecule has 0 nitrogen and oxygen atoms in total. The van der Waals surface area contributed by atoms with Gasteiger partial charge in [-0.05, 0) is 0 Å². The van der Waals surface area contributed by atoms with E-state index in [0.29, 0.717) is 6.07 Å². The van der Waals surface area contributed by atoms with Crippen molar-refractivity contribution in [3.05, 3.63) is 34.9 Å². The van der Waals surface area contributed by atoms with Gasteiger partial charge in [0.15, 0.2) is 17.5 Å². The van der Waals surface area contributed by atoms with Gasteiger partial charge in [-0.2, -0.15) is 0 Å². The Morgan fingerprint density at radius 3 is 2.08 bits per heavy atom. The summed E-state index contributed by atoms with van der Waals surface area (Å²) >= 11 is 2.75. The summed E-state index contributed by atoms with van der Waals surface area (Å²) < 4.78 is 50.0. The molecule has 0 aliphatic carbocycles. The van der Waals surface area contributed by atoms with Crippen LogP contribution in [0, 0.1) is 23.3 Å². The molecular formula is C7H3BrF4. The Morgan fingerprint density at radius 1 is 1.00 bits per heavy atom. The zero-order valence-electron chi connectivity index (χ0n) is 5.67. The van der Waals surface area contributed by atoms with E-state index in [9.17, 15) is 17.6 Å². The highest BCUT2D eigenvalue weighted by atomic mass is 79.9. The van der Waals surface area contributed by atoms with Gasteiger partial charge < -0.3 is 0 Å². The fourth-order valence-electron chi connectivity index (χ4n) is 0.726. The summed E-state index contributed by atoms with van der Waals surface area (Å²) in [4.78, 5) is 0. The molecule has 1 rings (SSSR count). The van der Waals surface area contributed by atoms with Crippen molar-refractivity contribution in [3.8, 4) is 0 Å². The van der Waals surface area contributed by atoms with Crippen LogP contribution in [0.15, 0.2) is 6.07 Å². The molecule has 0 radical (unpaired) electrons. The van der Waals surface area contributed by atoms with Crippen molar-refractivity contribution in [2.24, 2.45) is 0 Å². The second kappa shape index (κ2) is 3.43. The lowest BCUT2D eigenvalue weighted by Gasteiger charge is -2.01. The Balaban J connectivity index is 3.40. The molecule has 0 fully saturated rings. The standard InChI is InChI=1S/C7H3BrF4/c8-2-3-4(9)1-5(10)7(12)6(3)11/h1H,2H2. The van der Waals surface area contributed by atoms with E-state index in [0.717, 1.165) is 0 Å². The molecule has 1 aromatic rings. The number of halogens is 5. The molecule has 0 atom stereocenters. The van der Waals surface area contributed by atoms with Gasteiger partial charge in [0, 0.05) is 17.0 Å². The van der Waals surface area contributed by atoms with Gasteiger partial charge in [-0.3, -0.25) is 0 Å². The van der Waals surface area contributed by atoms with Crippen molar-refractivity contribution >= 4 is 15.9 Å². The Hall–Kier alpha value is -0.580. The maximum Gasteiger partial charge on any atom is 0.194 e. The Morgan fingerprint density at radius 2 is 1.58 bits per heavy atom. The largest absolute Gasteiger partial charge is 0.206 e. The van der Waals surface area contributed by atoms with E-state index in [1.54, 1.807) is 0 Å². The van der Waals surface area contributed by atoms with Gasteiger partial charge in [0.05, 0.1) is 0 Å². The molecule has 66 valence electrons. The van der Waals surface area contributed by atoms with Crippen LogP contribution in [0.4, 0.5) is 17.6 Å². The van der Waals surface area contributed by atoms with Crippen molar-refractivity contribution in [2.45, 2.75) is 5.33 Å². The Kier molecular flexibility index (Phi) is 2.72. The molecule has 0 aromatic heterocycles. The van der Waals surface area contributed by atoms with Crippen LogP contribution in [0.3, 0.4) is 0 Å². The first-order valence-corrected chi connectivity index (χ1v) is 4.08. The number of rotatable bonds is 1. The molecule has 0 aliphatic heterocycles. The molecular weight excluding hydrogens is 240 g/mol. The van der Waals surface area contributed by atoms with E-state index in [4.69, 9.17) is 0 Å². The monoisotopic (exact) mass is 242 g/mol. The molecule has 0 aliphatic rings. The van der Waals surface area contributed by atoms with Crippen molar-refractivity contribution in [2.75, 3.05) is 0 Å². The van der Waals surface area contributed by atoms with E-state index < -0.39 is 28.8 Å². The summed E-state index contributed by atoms with van der Waals surface area (Å²) in [5, 5.41) is -0.193. The predicted molar refractivity (Wildman–Crippen MR) is 38.9 cm³/mol. The average Bonchev–Trinajstić information content (AvgIpc) is 2.01. The number of hydrogen-bond acceptors (Lipinski definition) is 0. The summed E-state index contributed by atoms with van der Waals surface area (Å²) in [5.41, 5.74) is -0.506. The fourth-order valence-corrected chi connectivity index (χ4v) is 1.24. The van der Waals surface area contributed by atoms with Gasteiger partial charge in [-0.15, -0.1) is 0 Å². The molecule has 12 heavy (non-hydrogen) atoms. The Labute approximate surface area is 74.3 Å². The van der Waals surface area contributed by atoms with Crippen molar-refractivity contribution in [1.29, 1.82) is 0 Å². The second-order valence-corrected chi connectivity index (χ2v) is 2.64. The molecule has 5 heteroatoms. The highest BCUT2D eigenvalue weighted by Gasteiger charge is 2.17. The minimum Gasteiger partial charge on any atom is -0.206 e. The maximum absolute atomic E-state index is 12.6. The normalized spacial score (nSPS) is 10.4.